The highest BCUT2D eigenvalue weighted by Crippen LogP contribution is 2.23. The first-order chi connectivity index (χ1) is 9.05. The molecule has 0 radical (unpaired) electrons. The molecule has 0 saturated heterocycles. The standard InChI is InChI=1S/C12H17ClO5S2/c1-18-8-10(13)6-9-4-5-11(19(2,14)15)7-12(9)20(3,16)17/h4-5,7,10H,6,8H2,1-3H3. The summed E-state index contributed by atoms with van der Waals surface area (Å²) < 4.78 is 51.5. The monoisotopic (exact) mass is 340 g/mol. The van der Waals surface area contributed by atoms with E-state index in [1.54, 1.807) is 0 Å². The second-order valence-electron chi connectivity index (χ2n) is 4.57. The van der Waals surface area contributed by atoms with Crippen molar-refractivity contribution in [1.82, 2.24) is 0 Å². The zero-order valence-electron chi connectivity index (χ0n) is 11.5. The molecule has 1 atom stereocenters. The van der Waals surface area contributed by atoms with E-state index in [9.17, 15) is 16.8 Å². The van der Waals surface area contributed by atoms with Crippen molar-refractivity contribution in [3.05, 3.63) is 23.8 Å². The average Bonchev–Trinajstić information content (AvgIpc) is 2.26. The molecule has 0 aliphatic heterocycles. The van der Waals surface area contributed by atoms with E-state index < -0.39 is 19.7 Å². The molecule has 114 valence electrons. The SMILES string of the molecule is COCC(Cl)Cc1ccc(S(C)(=O)=O)cc1S(C)(=O)=O. The third-order valence-electron chi connectivity index (χ3n) is 2.66. The summed E-state index contributed by atoms with van der Waals surface area (Å²) in [4.78, 5) is -0.0401. The van der Waals surface area contributed by atoms with Gasteiger partial charge in [-0.15, -0.1) is 11.6 Å². The topological polar surface area (TPSA) is 77.5 Å². The van der Waals surface area contributed by atoms with Crippen LogP contribution in [0.3, 0.4) is 0 Å². The third kappa shape index (κ3) is 4.73. The summed E-state index contributed by atoms with van der Waals surface area (Å²) in [5.41, 5.74) is 0.483. The molecule has 0 spiro atoms. The van der Waals surface area contributed by atoms with Gasteiger partial charge in [-0.25, -0.2) is 16.8 Å². The molecule has 1 aromatic rings. The van der Waals surface area contributed by atoms with E-state index in [2.05, 4.69) is 0 Å². The minimum absolute atomic E-state index is 0.0119. The summed E-state index contributed by atoms with van der Waals surface area (Å²) in [6.07, 6.45) is 2.35. The third-order valence-corrected chi connectivity index (χ3v) is 5.22. The highest BCUT2D eigenvalue weighted by atomic mass is 35.5. The molecule has 0 aliphatic carbocycles. The lowest BCUT2D eigenvalue weighted by Crippen LogP contribution is -2.14. The van der Waals surface area contributed by atoms with Crippen molar-refractivity contribution in [2.75, 3.05) is 26.2 Å². The first kappa shape index (κ1) is 17.4. The Morgan fingerprint density at radius 1 is 1.15 bits per heavy atom. The Kier molecular flexibility index (Phi) is 5.60. The van der Waals surface area contributed by atoms with Gasteiger partial charge in [0.05, 0.1) is 21.8 Å². The Labute approximate surface area is 124 Å². The maximum atomic E-state index is 11.8. The van der Waals surface area contributed by atoms with E-state index in [4.69, 9.17) is 16.3 Å². The lowest BCUT2D eigenvalue weighted by Gasteiger charge is -2.13. The largest absolute Gasteiger partial charge is 0.383 e. The van der Waals surface area contributed by atoms with Crippen molar-refractivity contribution in [1.29, 1.82) is 0 Å². The fraction of sp³-hybridized carbons (Fsp3) is 0.500. The van der Waals surface area contributed by atoms with Gasteiger partial charge in [-0.2, -0.15) is 0 Å². The van der Waals surface area contributed by atoms with E-state index in [0.29, 0.717) is 5.56 Å². The number of hydrogen-bond acceptors (Lipinski definition) is 5. The molecule has 0 aromatic heterocycles. The number of hydrogen-bond donors (Lipinski definition) is 0. The predicted octanol–water partition coefficient (Wildman–Crippen LogP) is 1.29. The molecule has 0 aliphatic rings. The molecule has 1 rings (SSSR count). The molecule has 0 fully saturated rings. The van der Waals surface area contributed by atoms with Crippen molar-refractivity contribution in [2.24, 2.45) is 0 Å². The van der Waals surface area contributed by atoms with Crippen molar-refractivity contribution in [3.63, 3.8) is 0 Å². The second kappa shape index (κ2) is 6.43. The Hall–Kier alpha value is -0.630. The first-order valence-corrected chi connectivity index (χ1v) is 9.93. The van der Waals surface area contributed by atoms with Gasteiger partial charge in [0.2, 0.25) is 0 Å². The van der Waals surface area contributed by atoms with Gasteiger partial charge < -0.3 is 4.74 Å². The zero-order valence-corrected chi connectivity index (χ0v) is 13.8. The number of ether oxygens (including phenoxy) is 1. The van der Waals surface area contributed by atoms with Crippen molar-refractivity contribution < 1.29 is 21.6 Å². The van der Waals surface area contributed by atoms with Gasteiger partial charge in [0.15, 0.2) is 19.7 Å². The van der Waals surface area contributed by atoms with Crippen molar-refractivity contribution >= 4 is 31.3 Å². The van der Waals surface area contributed by atoms with Crippen LogP contribution in [0.2, 0.25) is 0 Å². The van der Waals surface area contributed by atoms with E-state index in [0.717, 1.165) is 12.5 Å². The molecular weight excluding hydrogens is 324 g/mol. The highest BCUT2D eigenvalue weighted by Gasteiger charge is 2.19. The van der Waals surface area contributed by atoms with Gasteiger partial charge >= 0.3 is 0 Å². The Morgan fingerprint density at radius 2 is 1.75 bits per heavy atom. The molecule has 8 heteroatoms. The van der Waals surface area contributed by atoms with Gasteiger partial charge in [0.25, 0.3) is 0 Å². The van der Waals surface area contributed by atoms with Crippen LogP contribution >= 0.6 is 11.6 Å². The van der Waals surface area contributed by atoms with E-state index in [1.165, 1.54) is 25.3 Å². The zero-order chi connectivity index (χ0) is 15.6. The Bertz CT molecular complexity index is 680. The van der Waals surface area contributed by atoms with Crippen LogP contribution in [0.4, 0.5) is 0 Å². The molecule has 0 amide bonds. The van der Waals surface area contributed by atoms with Crippen LogP contribution in [0.5, 0.6) is 0 Å². The van der Waals surface area contributed by atoms with Gasteiger partial charge in [-0.1, -0.05) is 6.07 Å². The summed E-state index contributed by atoms with van der Waals surface area (Å²) >= 11 is 6.03. The van der Waals surface area contributed by atoms with E-state index in [1.807, 2.05) is 0 Å². The fourth-order valence-electron chi connectivity index (χ4n) is 1.76. The summed E-state index contributed by atoms with van der Waals surface area (Å²) in [7, 11) is -5.50. The Morgan fingerprint density at radius 3 is 2.20 bits per heavy atom. The minimum Gasteiger partial charge on any atom is -0.383 e. The lowest BCUT2D eigenvalue weighted by atomic mass is 10.1. The Balaban J connectivity index is 3.33. The summed E-state index contributed by atoms with van der Waals surface area (Å²) in [6, 6.07) is 4.05. The van der Waals surface area contributed by atoms with Crippen LogP contribution in [0.25, 0.3) is 0 Å². The average molecular weight is 341 g/mol. The molecule has 5 nitrogen and oxygen atoms in total. The molecule has 20 heavy (non-hydrogen) atoms. The molecular formula is C12H17ClO5S2. The van der Waals surface area contributed by atoms with Gasteiger partial charge in [0.1, 0.15) is 0 Å². The van der Waals surface area contributed by atoms with Crippen LogP contribution in [-0.2, 0) is 30.8 Å². The highest BCUT2D eigenvalue weighted by molar-refractivity contribution is 7.91. The maximum Gasteiger partial charge on any atom is 0.175 e. The van der Waals surface area contributed by atoms with Crippen molar-refractivity contribution in [2.45, 2.75) is 21.6 Å². The molecule has 0 N–H and O–H groups in total. The summed E-state index contributed by atoms with van der Waals surface area (Å²) in [5.74, 6) is 0. The lowest BCUT2D eigenvalue weighted by molar-refractivity contribution is 0.197. The minimum atomic E-state index is -3.54. The van der Waals surface area contributed by atoms with Crippen molar-refractivity contribution in [3.8, 4) is 0 Å². The number of rotatable bonds is 6. The van der Waals surface area contributed by atoms with Gasteiger partial charge in [-0.05, 0) is 24.1 Å². The molecule has 1 unspecified atom stereocenters. The first-order valence-electron chi connectivity index (χ1n) is 5.71. The second-order valence-corrected chi connectivity index (χ2v) is 9.19. The number of sulfone groups is 2. The predicted molar refractivity (Wildman–Crippen MR) is 77.9 cm³/mol. The van der Waals surface area contributed by atoms with E-state index in [-0.39, 0.29) is 28.2 Å². The molecule has 0 heterocycles. The van der Waals surface area contributed by atoms with E-state index >= 15 is 0 Å². The number of alkyl halides is 1. The van der Waals surface area contributed by atoms with Crippen LogP contribution < -0.4 is 0 Å². The van der Waals surface area contributed by atoms with Gasteiger partial charge in [0, 0.05) is 19.6 Å². The normalized spacial score (nSPS) is 14.2. The maximum absolute atomic E-state index is 11.8. The molecule has 0 saturated carbocycles. The quantitative estimate of drug-likeness (QED) is 0.729. The smallest absolute Gasteiger partial charge is 0.175 e. The number of methoxy groups -OCH3 is 1. The number of benzene rings is 1. The number of halogens is 1. The van der Waals surface area contributed by atoms with Crippen LogP contribution in [0.1, 0.15) is 5.56 Å². The molecule has 1 aromatic carbocycles. The molecule has 0 bridgehead atoms. The van der Waals surface area contributed by atoms with Crippen LogP contribution in [0.15, 0.2) is 28.0 Å². The fourth-order valence-corrected chi connectivity index (χ4v) is 3.74. The van der Waals surface area contributed by atoms with Crippen LogP contribution in [0, 0.1) is 0 Å². The van der Waals surface area contributed by atoms with Crippen LogP contribution in [-0.4, -0.2) is 48.4 Å². The summed E-state index contributed by atoms with van der Waals surface area (Å²) in [5, 5.41) is -0.385. The summed E-state index contributed by atoms with van der Waals surface area (Å²) in [6.45, 7) is 0.276. The van der Waals surface area contributed by atoms with Gasteiger partial charge in [-0.3, -0.25) is 0 Å².